The molecule has 2 heterocycles. The van der Waals surface area contributed by atoms with E-state index in [-0.39, 0.29) is 18.5 Å². The van der Waals surface area contributed by atoms with Crippen molar-refractivity contribution < 1.29 is 13.2 Å². The standard InChI is InChI=1S/C17H28N4O3S/c1-12-16(13(2)20(3)18-12)17(22)21-10-6-9-15(11-21)25(23,24)19-14-7-4-5-8-14/h14-15,19H,4-11H2,1-3H3/t15-/m0/s1. The first-order valence-corrected chi connectivity index (χ1v) is 10.6. The van der Waals surface area contributed by atoms with Gasteiger partial charge in [0, 0.05) is 31.9 Å². The molecule has 1 aliphatic carbocycles. The second-order valence-electron chi connectivity index (χ2n) is 7.33. The van der Waals surface area contributed by atoms with Crippen LogP contribution in [0.4, 0.5) is 0 Å². The number of carbonyl (C=O) groups excluding carboxylic acids is 1. The highest BCUT2D eigenvalue weighted by Crippen LogP contribution is 2.24. The van der Waals surface area contributed by atoms with Crippen molar-refractivity contribution in [3.63, 3.8) is 0 Å². The van der Waals surface area contributed by atoms with Gasteiger partial charge in [0.05, 0.1) is 16.5 Å². The predicted octanol–water partition coefficient (Wildman–Crippen LogP) is 1.50. The van der Waals surface area contributed by atoms with Crippen LogP contribution in [0.5, 0.6) is 0 Å². The van der Waals surface area contributed by atoms with E-state index in [1.54, 1.807) is 9.58 Å². The van der Waals surface area contributed by atoms with E-state index in [0.29, 0.717) is 30.6 Å². The maximum atomic E-state index is 12.9. The van der Waals surface area contributed by atoms with Crippen molar-refractivity contribution in [2.45, 2.75) is 63.7 Å². The molecule has 2 fully saturated rings. The first-order chi connectivity index (χ1) is 11.8. The second-order valence-corrected chi connectivity index (χ2v) is 9.32. The summed E-state index contributed by atoms with van der Waals surface area (Å²) in [7, 11) is -1.58. The normalized spacial score (nSPS) is 22.5. The van der Waals surface area contributed by atoms with Crippen molar-refractivity contribution >= 4 is 15.9 Å². The molecule has 0 bridgehead atoms. The first kappa shape index (κ1) is 18.4. The maximum Gasteiger partial charge on any atom is 0.257 e. The van der Waals surface area contributed by atoms with Crippen LogP contribution in [0.3, 0.4) is 0 Å². The highest BCUT2D eigenvalue weighted by Gasteiger charge is 2.35. The van der Waals surface area contributed by atoms with Crippen LogP contribution in [0.1, 0.15) is 60.3 Å². The zero-order chi connectivity index (χ0) is 18.2. The zero-order valence-electron chi connectivity index (χ0n) is 15.3. The highest BCUT2D eigenvalue weighted by molar-refractivity contribution is 7.90. The molecule has 8 heteroatoms. The van der Waals surface area contributed by atoms with E-state index in [2.05, 4.69) is 9.82 Å². The quantitative estimate of drug-likeness (QED) is 0.873. The van der Waals surface area contributed by atoms with Crippen LogP contribution in [0.25, 0.3) is 0 Å². The fourth-order valence-electron chi connectivity index (χ4n) is 3.99. The number of likely N-dealkylation sites (tertiary alicyclic amines) is 1. The highest BCUT2D eigenvalue weighted by atomic mass is 32.2. The van der Waals surface area contributed by atoms with Crippen molar-refractivity contribution in [2.75, 3.05) is 13.1 Å². The van der Waals surface area contributed by atoms with E-state index < -0.39 is 15.3 Å². The third-order valence-corrected chi connectivity index (χ3v) is 7.44. The summed E-state index contributed by atoms with van der Waals surface area (Å²) in [5.41, 5.74) is 2.11. The van der Waals surface area contributed by atoms with Gasteiger partial charge >= 0.3 is 0 Å². The Hall–Kier alpha value is -1.41. The average molecular weight is 369 g/mol. The molecule has 0 spiro atoms. The smallest absolute Gasteiger partial charge is 0.257 e. The number of aromatic nitrogens is 2. The first-order valence-electron chi connectivity index (χ1n) is 9.10. The monoisotopic (exact) mass is 368 g/mol. The Morgan fingerprint density at radius 2 is 1.84 bits per heavy atom. The third kappa shape index (κ3) is 3.74. The Balaban J connectivity index is 1.73. The van der Waals surface area contributed by atoms with Crippen molar-refractivity contribution in [1.29, 1.82) is 0 Å². The van der Waals surface area contributed by atoms with Crippen LogP contribution >= 0.6 is 0 Å². The summed E-state index contributed by atoms with van der Waals surface area (Å²) < 4.78 is 30.0. The minimum Gasteiger partial charge on any atom is -0.337 e. The van der Waals surface area contributed by atoms with Gasteiger partial charge in [-0.3, -0.25) is 9.48 Å². The fraction of sp³-hybridized carbons (Fsp3) is 0.765. The summed E-state index contributed by atoms with van der Waals surface area (Å²) >= 11 is 0. The molecular formula is C17H28N4O3S. The molecule has 1 aromatic heterocycles. The molecule has 140 valence electrons. The van der Waals surface area contributed by atoms with Crippen LogP contribution in [0, 0.1) is 13.8 Å². The molecule has 7 nitrogen and oxygen atoms in total. The number of aryl methyl sites for hydroxylation is 2. The van der Waals surface area contributed by atoms with Crippen LogP contribution in [0.2, 0.25) is 0 Å². The summed E-state index contributed by atoms with van der Waals surface area (Å²) in [5, 5.41) is 3.78. The molecule has 25 heavy (non-hydrogen) atoms. The fourth-order valence-corrected chi connectivity index (χ4v) is 5.74. The average Bonchev–Trinajstić information content (AvgIpc) is 3.15. The molecule has 1 saturated carbocycles. The summed E-state index contributed by atoms with van der Waals surface area (Å²) in [5.74, 6) is -0.108. The Kier molecular flexibility index (Phi) is 5.20. The minimum absolute atomic E-state index is 0.0684. The number of nitrogens with one attached hydrogen (secondary N) is 1. The van der Waals surface area contributed by atoms with E-state index in [1.165, 1.54) is 0 Å². The molecule has 1 saturated heterocycles. The van der Waals surface area contributed by atoms with E-state index in [4.69, 9.17) is 0 Å². The van der Waals surface area contributed by atoms with Crippen molar-refractivity contribution in [2.24, 2.45) is 7.05 Å². The van der Waals surface area contributed by atoms with E-state index >= 15 is 0 Å². The van der Waals surface area contributed by atoms with Crippen molar-refractivity contribution in [1.82, 2.24) is 19.4 Å². The van der Waals surface area contributed by atoms with Gasteiger partial charge in [-0.05, 0) is 39.5 Å². The number of sulfonamides is 1. The van der Waals surface area contributed by atoms with Gasteiger partial charge in [0.15, 0.2) is 0 Å². The Labute approximate surface area is 149 Å². The Morgan fingerprint density at radius 1 is 1.16 bits per heavy atom. The zero-order valence-corrected chi connectivity index (χ0v) is 16.1. The van der Waals surface area contributed by atoms with Crippen molar-refractivity contribution in [3.05, 3.63) is 17.0 Å². The Bertz CT molecular complexity index is 750. The van der Waals surface area contributed by atoms with Gasteiger partial charge in [0.25, 0.3) is 5.91 Å². The third-order valence-electron chi connectivity index (χ3n) is 5.51. The van der Waals surface area contributed by atoms with E-state index in [9.17, 15) is 13.2 Å². The van der Waals surface area contributed by atoms with Crippen LogP contribution in [0.15, 0.2) is 0 Å². The number of piperidine rings is 1. The summed E-state index contributed by atoms with van der Waals surface area (Å²) in [6.45, 7) is 4.55. The largest absolute Gasteiger partial charge is 0.337 e. The van der Waals surface area contributed by atoms with Crippen LogP contribution in [-0.4, -0.2) is 53.4 Å². The lowest BCUT2D eigenvalue weighted by Crippen LogP contribution is -2.50. The molecule has 3 rings (SSSR count). The molecule has 1 aromatic rings. The van der Waals surface area contributed by atoms with Crippen LogP contribution < -0.4 is 4.72 Å². The number of nitrogens with zero attached hydrogens (tertiary/aromatic N) is 3. The van der Waals surface area contributed by atoms with Gasteiger partial charge in [-0.1, -0.05) is 12.8 Å². The number of carbonyl (C=O) groups is 1. The molecule has 1 aliphatic heterocycles. The molecule has 1 atom stereocenters. The lowest BCUT2D eigenvalue weighted by molar-refractivity contribution is 0.0725. The molecule has 0 aromatic carbocycles. The molecule has 0 unspecified atom stereocenters. The van der Waals surface area contributed by atoms with Crippen LogP contribution in [-0.2, 0) is 17.1 Å². The number of hydrogen-bond donors (Lipinski definition) is 1. The molecule has 1 N–H and O–H groups in total. The summed E-state index contributed by atoms with van der Waals surface area (Å²) in [6, 6.07) is 0.0684. The topological polar surface area (TPSA) is 84.3 Å². The number of rotatable bonds is 4. The molecule has 0 radical (unpaired) electrons. The summed E-state index contributed by atoms with van der Waals surface area (Å²) in [6.07, 6.45) is 5.33. The van der Waals surface area contributed by atoms with E-state index in [0.717, 1.165) is 31.4 Å². The SMILES string of the molecule is Cc1nn(C)c(C)c1C(=O)N1CCC[C@H](S(=O)(=O)NC2CCCC2)C1. The lowest BCUT2D eigenvalue weighted by atomic mass is 10.1. The molecule has 1 amide bonds. The predicted molar refractivity (Wildman–Crippen MR) is 95.9 cm³/mol. The van der Waals surface area contributed by atoms with Gasteiger partial charge in [-0.2, -0.15) is 5.10 Å². The maximum absolute atomic E-state index is 12.9. The lowest BCUT2D eigenvalue weighted by Gasteiger charge is -2.33. The van der Waals surface area contributed by atoms with Gasteiger partial charge in [-0.15, -0.1) is 0 Å². The number of amides is 1. The van der Waals surface area contributed by atoms with Gasteiger partial charge in [0.2, 0.25) is 10.0 Å². The molecule has 2 aliphatic rings. The van der Waals surface area contributed by atoms with Gasteiger partial charge in [-0.25, -0.2) is 13.1 Å². The van der Waals surface area contributed by atoms with Gasteiger partial charge in [0.1, 0.15) is 0 Å². The van der Waals surface area contributed by atoms with Crippen molar-refractivity contribution in [3.8, 4) is 0 Å². The van der Waals surface area contributed by atoms with E-state index in [1.807, 2.05) is 20.9 Å². The van der Waals surface area contributed by atoms with Gasteiger partial charge < -0.3 is 4.90 Å². The minimum atomic E-state index is -3.40. The number of hydrogen-bond acceptors (Lipinski definition) is 4. The second kappa shape index (κ2) is 7.07. The Morgan fingerprint density at radius 3 is 2.44 bits per heavy atom. The molecular weight excluding hydrogens is 340 g/mol. The summed E-state index contributed by atoms with van der Waals surface area (Å²) in [4.78, 5) is 14.6.